The Morgan fingerprint density at radius 3 is 2.23 bits per heavy atom. The summed E-state index contributed by atoms with van der Waals surface area (Å²) in [6.45, 7) is 0. The lowest BCUT2D eigenvalue weighted by atomic mass is 10.0. The maximum Gasteiger partial charge on any atom is 0.162 e. The summed E-state index contributed by atoms with van der Waals surface area (Å²) in [7, 11) is 0. The first-order valence-corrected chi connectivity index (χ1v) is 7.15. The molecule has 4 rings (SSSR count). The standard InChI is InChI=1S/C19H13N3/c1-3-8-14(9-4-1)17-18(21-15-10-5-2-6-11-15)16-12-7-13-20-19(16)22-17/h1-13H. The number of hydrogen-bond acceptors (Lipinski definition) is 3. The summed E-state index contributed by atoms with van der Waals surface area (Å²) in [6, 6.07) is 24.0. The monoisotopic (exact) mass is 283 g/mol. The summed E-state index contributed by atoms with van der Waals surface area (Å²) in [4.78, 5) is 13.8. The van der Waals surface area contributed by atoms with Crippen molar-refractivity contribution in [2.24, 2.45) is 9.98 Å². The highest BCUT2D eigenvalue weighted by Gasteiger charge is 2.24. The van der Waals surface area contributed by atoms with E-state index < -0.39 is 0 Å². The molecule has 0 fully saturated rings. The molecule has 0 saturated carbocycles. The highest BCUT2D eigenvalue weighted by Crippen LogP contribution is 2.28. The quantitative estimate of drug-likeness (QED) is 0.689. The van der Waals surface area contributed by atoms with E-state index in [0.29, 0.717) is 0 Å². The fourth-order valence-electron chi connectivity index (χ4n) is 2.50. The first-order valence-electron chi connectivity index (χ1n) is 7.15. The molecular formula is C19H13N3. The molecule has 0 unspecified atom stereocenters. The van der Waals surface area contributed by atoms with Crippen molar-refractivity contribution in [3.63, 3.8) is 0 Å². The van der Waals surface area contributed by atoms with Gasteiger partial charge in [0.25, 0.3) is 0 Å². The fraction of sp³-hybridized carbons (Fsp3) is 0. The Morgan fingerprint density at radius 2 is 1.45 bits per heavy atom. The SMILES string of the molecule is c1ccc(N=C2C(c3ccccc3)=Nc3ncccc32)cc1. The summed E-state index contributed by atoms with van der Waals surface area (Å²) in [5.74, 6) is 0.732. The Morgan fingerprint density at radius 1 is 0.727 bits per heavy atom. The average Bonchev–Trinajstić information content (AvgIpc) is 2.95. The number of para-hydroxylation sites is 1. The Hall–Kier alpha value is -3.07. The molecule has 3 heteroatoms. The summed E-state index contributed by atoms with van der Waals surface area (Å²) in [5.41, 5.74) is 4.69. The first-order chi connectivity index (χ1) is 10.9. The van der Waals surface area contributed by atoms with Crippen molar-refractivity contribution < 1.29 is 0 Å². The van der Waals surface area contributed by atoms with Gasteiger partial charge in [-0.3, -0.25) is 0 Å². The molecule has 0 spiro atoms. The zero-order valence-electron chi connectivity index (χ0n) is 11.8. The maximum absolute atomic E-state index is 4.80. The van der Waals surface area contributed by atoms with E-state index in [2.05, 4.69) is 9.98 Å². The van der Waals surface area contributed by atoms with Gasteiger partial charge in [-0.2, -0.15) is 0 Å². The van der Waals surface area contributed by atoms with Gasteiger partial charge in [-0.05, 0) is 24.3 Å². The van der Waals surface area contributed by atoms with Crippen LogP contribution in [-0.4, -0.2) is 16.4 Å². The summed E-state index contributed by atoms with van der Waals surface area (Å²) in [5, 5.41) is 0. The van der Waals surface area contributed by atoms with Crippen molar-refractivity contribution >= 4 is 22.9 Å². The molecule has 0 atom stereocenters. The second-order valence-electron chi connectivity index (χ2n) is 5.00. The molecule has 0 saturated heterocycles. The predicted octanol–water partition coefficient (Wildman–Crippen LogP) is 4.34. The third-order valence-corrected chi connectivity index (χ3v) is 3.53. The van der Waals surface area contributed by atoms with Crippen molar-refractivity contribution in [1.29, 1.82) is 0 Å². The molecule has 3 aromatic rings. The number of benzene rings is 2. The smallest absolute Gasteiger partial charge is 0.162 e. The van der Waals surface area contributed by atoms with Crippen LogP contribution >= 0.6 is 0 Å². The lowest BCUT2D eigenvalue weighted by Crippen LogP contribution is -2.12. The van der Waals surface area contributed by atoms with Gasteiger partial charge in [-0.25, -0.2) is 15.0 Å². The molecule has 104 valence electrons. The van der Waals surface area contributed by atoms with Crippen LogP contribution in [0, 0.1) is 0 Å². The second-order valence-corrected chi connectivity index (χ2v) is 5.00. The number of fused-ring (bicyclic) bond motifs is 1. The van der Waals surface area contributed by atoms with Gasteiger partial charge in [-0.15, -0.1) is 0 Å². The molecule has 0 radical (unpaired) electrons. The highest BCUT2D eigenvalue weighted by atomic mass is 15.0. The van der Waals surface area contributed by atoms with Gasteiger partial charge in [0.05, 0.1) is 11.4 Å². The van der Waals surface area contributed by atoms with E-state index in [1.54, 1.807) is 6.20 Å². The van der Waals surface area contributed by atoms with Gasteiger partial charge in [0.2, 0.25) is 0 Å². The number of aliphatic imine (C=N–C) groups is 2. The Labute approximate surface area is 128 Å². The predicted molar refractivity (Wildman–Crippen MR) is 89.5 cm³/mol. The largest absolute Gasteiger partial charge is 0.246 e. The van der Waals surface area contributed by atoms with Crippen LogP contribution in [0.15, 0.2) is 89.0 Å². The Bertz CT molecular complexity index is 865. The van der Waals surface area contributed by atoms with Crippen molar-refractivity contribution in [3.05, 3.63) is 90.1 Å². The van der Waals surface area contributed by atoms with E-state index in [4.69, 9.17) is 4.99 Å². The van der Waals surface area contributed by atoms with E-state index in [9.17, 15) is 0 Å². The van der Waals surface area contributed by atoms with Crippen LogP contribution in [0.4, 0.5) is 11.5 Å². The lowest BCUT2D eigenvalue weighted by molar-refractivity contribution is 1.28. The van der Waals surface area contributed by atoms with Crippen LogP contribution in [0.2, 0.25) is 0 Å². The molecule has 1 aliphatic rings. The van der Waals surface area contributed by atoms with Crippen molar-refractivity contribution in [2.45, 2.75) is 0 Å². The molecule has 2 heterocycles. The van der Waals surface area contributed by atoms with E-state index in [0.717, 1.165) is 34.1 Å². The zero-order valence-corrected chi connectivity index (χ0v) is 11.8. The zero-order chi connectivity index (χ0) is 14.8. The number of nitrogens with zero attached hydrogens (tertiary/aromatic N) is 3. The van der Waals surface area contributed by atoms with E-state index in [-0.39, 0.29) is 0 Å². The van der Waals surface area contributed by atoms with Gasteiger partial charge >= 0.3 is 0 Å². The van der Waals surface area contributed by atoms with Gasteiger partial charge in [0.15, 0.2) is 5.82 Å². The summed E-state index contributed by atoms with van der Waals surface area (Å²) >= 11 is 0. The Kier molecular flexibility index (Phi) is 3.09. The first kappa shape index (κ1) is 12.7. The third-order valence-electron chi connectivity index (χ3n) is 3.53. The third kappa shape index (κ3) is 2.23. The molecule has 0 N–H and O–H groups in total. The molecule has 1 aromatic heterocycles. The minimum Gasteiger partial charge on any atom is -0.246 e. The van der Waals surface area contributed by atoms with Crippen LogP contribution in [0.5, 0.6) is 0 Å². The number of rotatable bonds is 2. The van der Waals surface area contributed by atoms with E-state index in [1.807, 2.05) is 72.8 Å². The second kappa shape index (κ2) is 5.37. The summed E-state index contributed by atoms with van der Waals surface area (Å²) < 4.78 is 0. The minimum atomic E-state index is 0.732. The van der Waals surface area contributed by atoms with Gasteiger partial charge in [0.1, 0.15) is 5.71 Å². The number of pyridine rings is 1. The molecule has 2 aromatic carbocycles. The van der Waals surface area contributed by atoms with Crippen molar-refractivity contribution in [2.75, 3.05) is 0 Å². The van der Waals surface area contributed by atoms with Crippen LogP contribution in [0.25, 0.3) is 0 Å². The van der Waals surface area contributed by atoms with Crippen LogP contribution < -0.4 is 0 Å². The average molecular weight is 283 g/mol. The molecule has 1 aliphatic heterocycles. The molecule has 0 aliphatic carbocycles. The summed E-state index contributed by atoms with van der Waals surface area (Å²) in [6.07, 6.45) is 1.76. The maximum atomic E-state index is 4.80. The molecule has 3 nitrogen and oxygen atoms in total. The number of hydrogen-bond donors (Lipinski definition) is 0. The minimum absolute atomic E-state index is 0.732. The highest BCUT2D eigenvalue weighted by molar-refractivity contribution is 6.57. The van der Waals surface area contributed by atoms with E-state index >= 15 is 0 Å². The fourth-order valence-corrected chi connectivity index (χ4v) is 2.50. The van der Waals surface area contributed by atoms with Crippen molar-refractivity contribution in [3.8, 4) is 0 Å². The van der Waals surface area contributed by atoms with E-state index in [1.165, 1.54) is 0 Å². The molecule has 0 amide bonds. The van der Waals surface area contributed by atoms with Crippen LogP contribution in [-0.2, 0) is 0 Å². The topological polar surface area (TPSA) is 37.6 Å². The van der Waals surface area contributed by atoms with Gasteiger partial charge < -0.3 is 0 Å². The molecular weight excluding hydrogens is 270 g/mol. The molecule has 22 heavy (non-hydrogen) atoms. The molecule has 0 bridgehead atoms. The van der Waals surface area contributed by atoms with Crippen LogP contribution in [0.1, 0.15) is 11.1 Å². The van der Waals surface area contributed by atoms with Gasteiger partial charge in [-0.1, -0.05) is 48.5 Å². The normalized spacial score (nSPS) is 14.7. The number of aromatic nitrogens is 1. The lowest BCUT2D eigenvalue weighted by Gasteiger charge is -2.04. The van der Waals surface area contributed by atoms with Crippen LogP contribution in [0.3, 0.4) is 0 Å². The van der Waals surface area contributed by atoms with Crippen molar-refractivity contribution in [1.82, 2.24) is 4.98 Å². The van der Waals surface area contributed by atoms with Gasteiger partial charge in [0, 0.05) is 17.3 Å². The Balaban J connectivity index is 1.89.